The summed E-state index contributed by atoms with van der Waals surface area (Å²) in [7, 11) is -2.96. The lowest BCUT2D eigenvalue weighted by Crippen LogP contribution is -2.40. The van der Waals surface area contributed by atoms with Crippen molar-refractivity contribution < 1.29 is 8.42 Å². The van der Waals surface area contributed by atoms with Crippen molar-refractivity contribution in [3.63, 3.8) is 0 Å². The molecule has 1 aromatic rings. The summed E-state index contributed by atoms with van der Waals surface area (Å²) < 4.78 is 22.5. The maximum absolute atomic E-state index is 11.2. The average molecular weight is 465 g/mol. The molecule has 0 aliphatic carbocycles. The molecule has 0 amide bonds. The normalized spacial score (nSPS) is 18.3. The molecule has 1 fully saturated rings. The summed E-state index contributed by atoms with van der Waals surface area (Å²) >= 11 is 0. The van der Waals surface area contributed by atoms with Gasteiger partial charge in [0.15, 0.2) is 5.96 Å². The number of hydrogen-bond donors (Lipinski definition) is 1. The lowest BCUT2D eigenvalue weighted by atomic mass is 9.99. The largest absolute Gasteiger partial charge is 0.357 e. The number of halogens is 1. The van der Waals surface area contributed by atoms with Crippen molar-refractivity contribution in [3.05, 3.63) is 35.9 Å². The third kappa shape index (κ3) is 7.38. The predicted molar refractivity (Wildman–Crippen MR) is 111 cm³/mol. The van der Waals surface area contributed by atoms with E-state index in [4.69, 9.17) is 0 Å². The van der Waals surface area contributed by atoms with E-state index >= 15 is 0 Å². The Balaban J connectivity index is 0.00000288. The van der Waals surface area contributed by atoms with Crippen molar-refractivity contribution in [1.29, 1.82) is 0 Å². The van der Waals surface area contributed by atoms with E-state index in [-0.39, 0.29) is 29.7 Å². The van der Waals surface area contributed by atoms with Crippen LogP contribution >= 0.6 is 24.0 Å². The molecule has 1 aliphatic rings. The molecule has 1 unspecified atom stereocenters. The van der Waals surface area contributed by atoms with Gasteiger partial charge in [-0.15, -0.1) is 24.0 Å². The molecule has 1 aromatic carbocycles. The maximum Gasteiger partial charge on any atom is 0.193 e. The molecule has 7 heteroatoms. The Labute approximate surface area is 162 Å². The number of guanidine groups is 1. The SMILES string of the molecule is CCNC(=NCCS(C)(=O)=O)N1CCC(Cc2ccccc2)C1.I. The highest BCUT2D eigenvalue weighted by molar-refractivity contribution is 14.0. The quantitative estimate of drug-likeness (QED) is 0.398. The Hall–Kier alpha value is -0.830. The second kappa shape index (κ2) is 10.2. The summed E-state index contributed by atoms with van der Waals surface area (Å²) in [6, 6.07) is 10.6. The number of sulfone groups is 1. The molecule has 2 rings (SSSR count). The van der Waals surface area contributed by atoms with Crippen molar-refractivity contribution >= 4 is 39.8 Å². The van der Waals surface area contributed by atoms with Crippen molar-refractivity contribution in [1.82, 2.24) is 10.2 Å². The zero-order chi connectivity index (χ0) is 16.7. The fraction of sp³-hybridized carbons (Fsp3) is 0.588. The number of aliphatic imine (C=N–C) groups is 1. The van der Waals surface area contributed by atoms with Crippen molar-refractivity contribution in [2.45, 2.75) is 19.8 Å². The van der Waals surface area contributed by atoms with Gasteiger partial charge >= 0.3 is 0 Å². The minimum Gasteiger partial charge on any atom is -0.357 e. The van der Waals surface area contributed by atoms with E-state index in [1.54, 1.807) is 0 Å². The Morgan fingerprint density at radius 1 is 1.33 bits per heavy atom. The van der Waals surface area contributed by atoms with Gasteiger partial charge in [-0.25, -0.2) is 8.42 Å². The third-order valence-corrected chi connectivity index (χ3v) is 4.94. The average Bonchev–Trinajstić information content (AvgIpc) is 2.94. The van der Waals surface area contributed by atoms with Crippen LogP contribution < -0.4 is 5.32 Å². The number of rotatable bonds is 6. The zero-order valence-electron chi connectivity index (χ0n) is 14.4. The van der Waals surface area contributed by atoms with Crippen molar-refractivity contribution in [2.24, 2.45) is 10.9 Å². The van der Waals surface area contributed by atoms with Gasteiger partial charge in [0, 0.05) is 25.9 Å². The first-order chi connectivity index (χ1) is 11.0. The lowest BCUT2D eigenvalue weighted by Gasteiger charge is -2.21. The van der Waals surface area contributed by atoms with E-state index in [9.17, 15) is 8.42 Å². The number of likely N-dealkylation sites (tertiary alicyclic amines) is 1. The van der Waals surface area contributed by atoms with E-state index in [1.807, 2.05) is 13.0 Å². The number of nitrogens with one attached hydrogen (secondary N) is 1. The fourth-order valence-corrected chi connectivity index (χ4v) is 3.31. The van der Waals surface area contributed by atoms with Gasteiger partial charge in [-0.2, -0.15) is 0 Å². The second-order valence-corrected chi connectivity index (χ2v) is 8.42. The van der Waals surface area contributed by atoms with Gasteiger partial charge in [-0.3, -0.25) is 4.99 Å². The van der Waals surface area contributed by atoms with Crippen LogP contribution in [0.5, 0.6) is 0 Å². The van der Waals surface area contributed by atoms with Crippen LogP contribution in [0.15, 0.2) is 35.3 Å². The van der Waals surface area contributed by atoms with Gasteiger partial charge in [0.05, 0.1) is 12.3 Å². The molecule has 1 atom stereocenters. The van der Waals surface area contributed by atoms with Gasteiger partial charge in [0.25, 0.3) is 0 Å². The number of benzene rings is 1. The zero-order valence-corrected chi connectivity index (χ0v) is 17.6. The van der Waals surface area contributed by atoms with Gasteiger partial charge in [0.1, 0.15) is 9.84 Å². The molecule has 0 saturated carbocycles. The van der Waals surface area contributed by atoms with Crippen LogP contribution in [0.4, 0.5) is 0 Å². The highest BCUT2D eigenvalue weighted by Crippen LogP contribution is 2.20. The van der Waals surface area contributed by atoms with Crippen LogP contribution in [0, 0.1) is 5.92 Å². The minimum absolute atomic E-state index is 0. The molecule has 5 nitrogen and oxygen atoms in total. The Morgan fingerprint density at radius 3 is 2.67 bits per heavy atom. The topological polar surface area (TPSA) is 61.8 Å². The van der Waals surface area contributed by atoms with Crippen molar-refractivity contribution in [2.75, 3.05) is 38.2 Å². The van der Waals surface area contributed by atoms with Crippen molar-refractivity contribution in [3.8, 4) is 0 Å². The summed E-state index contributed by atoms with van der Waals surface area (Å²) in [6.45, 7) is 5.09. The standard InChI is InChI=1S/C17H27N3O2S.HI/c1-3-18-17(19-10-12-23(2,21)22)20-11-9-16(14-20)13-15-7-5-4-6-8-15;/h4-8,16H,3,9-14H2,1-2H3,(H,18,19);1H. The molecule has 0 spiro atoms. The smallest absolute Gasteiger partial charge is 0.193 e. The number of hydrogen-bond acceptors (Lipinski definition) is 3. The first-order valence-corrected chi connectivity index (χ1v) is 10.3. The molecular weight excluding hydrogens is 437 g/mol. The minimum atomic E-state index is -2.96. The molecule has 0 bridgehead atoms. The first kappa shape index (κ1) is 21.2. The van der Waals surface area contributed by atoms with Crippen LogP contribution in [0.3, 0.4) is 0 Å². The molecule has 1 N–H and O–H groups in total. The van der Waals surface area contributed by atoms with Crippen LogP contribution in [0.25, 0.3) is 0 Å². The van der Waals surface area contributed by atoms with E-state index in [0.29, 0.717) is 12.5 Å². The second-order valence-electron chi connectivity index (χ2n) is 6.16. The monoisotopic (exact) mass is 465 g/mol. The summed E-state index contributed by atoms with van der Waals surface area (Å²) in [5.74, 6) is 1.56. The molecule has 0 aromatic heterocycles. The van der Waals surface area contributed by atoms with Crippen LogP contribution in [-0.2, 0) is 16.3 Å². The van der Waals surface area contributed by atoms with E-state index in [1.165, 1.54) is 11.8 Å². The van der Waals surface area contributed by atoms with E-state index in [0.717, 1.165) is 38.4 Å². The molecular formula is C17H28IN3O2S. The molecule has 1 heterocycles. The van der Waals surface area contributed by atoms with Crippen LogP contribution in [0.2, 0.25) is 0 Å². The van der Waals surface area contributed by atoms with E-state index < -0.39 is 9.84 Å². The summed E-state index contributed by atoms with van der Waals surface area (Å²) in [5, 5.41) is 3.28. The van der Waals surface area contributed by atoms with Gasteiger partial charge < -0.3 is 10.2 Å². The highest BCUT2D eigenvalue weighted by Gasteiger charge is 2.24. The van der Waals surface area contributed by atoms with Crippen LogP contribution in [-0.4, -0.2) is 57.5 Å². The van der Waals surface area contributed by atoms with Gasteiger partial charge in [-0.1, -0.05) is 30.3 Å². The maximum atomic E-state index is 11.2. The summed E-state index contributed by atoms with van der Waals surface area (Å²) in [6.07, 6.45) is 3.48. The summed E-state index contributed by atoms with van der Waals surface area (Å²) in [4.78, 5) is 6.72. The van der Waals surface area contributed by atoms with Gasteiger partial charge in [0.2, 0.25) is 0 Å². The lowest BCUT2D eigenvalue weighted by molar-refractivity contribution is 0.460. The predicted octanol–water partition coefficient (Wildman–Crippen LogP) is 2.18. The highest BCUT2D eigenvalue weighted by atomic mass is 127. The number of nitrogens with zero attached hydrogens (tertiary/aromatic N) is 2. The van der Waals surface area contributed by atoms with Gasteiger partial charge in [-0.05, 0) is 31.2 Å². The Kier molecular flexibility index (Phi) is 9.04. The third-order valence-electron chi connectivity index (χ3n) is 4.01. The van der Waals surface area contributed by atoms with E-state index in [2.05, 4.69) is 39.5 Å². The molecule has 24 heavy (non-hydrogen) atoms. The molecule has 1 aliphatic heterocycles. The Morgan fingerprint density at radius 2 is 2.04 bits per heavy atom. The molecule has 1 saturated heterocycles. The first-order valence-electron chi connectivity index (χ1n) is 8.23. The summed E-state index contributed by atoms with van der Waals surface area (Å²) in [5.41, 5.74) is 1.37. The molecule has 136 valence electrons. The van der Waals surface area contributed by atoms with Crippen LogP contribution in [0.1, 0.15) is 18.9 Å². The fourth-order valence-electron chi connectivity index (χ4n) is 2.88. The molecule has 0 radical (unpaired) electrons. The Bertz CT molecular complexity index is 620.